The van der Waals surface area contributed by atoms with Gasteiger partial charge in [0.25, 0.3) is 0 Å². The summed E-state index contributed by atoms with van der Waals surface area (Å²) < 4.78 is 38.7. The predicted molar refractivity (Wildman–Crippen MR) is 82.2 cm³/mol. The number of benzene rings is 2. The smallest absolute Gasteiger partial charge is 0.242 e. The third-order valence-electron chi connectivity index (χ3n) is 3.42. The Bertz CT molecular complexity index is 702. The van der Waals surface area contributed by atoms with Crippen molar-refractivity contribution in [2.45, 2.75) is 17.4 Å². The van der Waals surface area contributed by atoms with Crippen molar-refractivity contribution in [1.29, 1.82) is 0 Å². The van der Waals surface area contributed by atoms with Gasteiger partial charge in [-0.2, -0.15) is 0 Å². The van der Waals surface area contributed by atoms with E-state index in [0.717, 1.165) is 22.0 Å². The van der Waals surface area contributed by atoms with E-state index in [0.29, 0.717) is 0 Å². The Morgan fingerprint density at radius 3 is 2.27 bits per heavy atom. The normalized spacial score (nSPS) is 13.3. The minimum Gasteiger partial charge on any atom is -0.388 e. The zero-order valence-electron chi connectivity index (χ0n) is 12.2. The molecule has 0 bridgehead atoms. The molecular formula is C16H18FNO3S. The molecule has 2 rings (SSSR count). The molecule has 0 aliphatic heterocycles. The van der Waals surface area contributed by atoms with E-state index in [1.54, 1.807) is 12.1 Å². The topological polar surface area (TPSA) is 57.6 Å². The molecule has 0 radical (unpaired) electrons. The summed E-state index contributed by atoms with van der Waals surface area (Å²) in [5.41, 5.74) is 0.745. The van der Waals surface area contributed by atoms with Gasteiger partial charge >= 0.3 is 0 Å². The van der Waals surface area contributed by atoms with Gasteiger partial charge in [0, 0.05) is 13.6 Å². The second-order valence-corrected chi connectivity index (χ2v) is 7.04. The van der Waals surface area contributed by atoms with Crippen LogP contribution in [0.5, 0.6) is 0 Å². The largest absolute Gasteiger partial charge is 0.388 e. The SMILES string of the molecule is CN(CCC(O)c1ccccc1)S(=O)(=O)c1ccc(F)cc1. The Hall–Kier alpha value is -1.76. The van der Waals surface area contributed by atoms with Crippen LogP contribution in [0.15, 0.2) is 59.5 Å². The predicted octanol–water partition coefficient (Wildman–Crippen LogP) is 2.57. The molecule has 6 heteroatoms. The zero-order chi connectivity index (χ0) is 16.2. The van der Waals surface area contributed by atoms with E-state index in [-0.39, 0.29) is 17.9 Å². The Morgan fingerprint density at radius 2 is 1.68 bits per heavy atom. The van der Waals surface area contributed by atoms with Crippen molar-refractivity contribution < 1.29 is 17.9 Å². The second-order valence-electron chi connectivity index (χ2n) is 5.00. The number of hydrogen-bond donors (Lipinski definition) is 1. The molecule has 0 aromatic heterocycles. The quantitative estimate of drug-likeness (QED) is 0.889. The van der Waals surface area contributed by atoms with Gasteiger partial charge in [-0.25, -0.2) is 17.1 Å². The maximum atomic E-state index is 12.9. The second kappa shape index (κ2) is 7.00. The molecule has 0 aliphatic rings. The Balaban J connectivity index is 2.02. The molecule has 0 saturated heterocycles. The summed E-state index contributed by atoms with van der Waals surface area (Å²) in [5, 5.41) is 10.1. The van der Waals surface area contributed by atoms with Gasteiger partial charge in [0.05, 0.1) is 11.0 Å². The van der Waals surface area contributed by atoms with Crippen LogP contribution in [0.4, 0.5) is 4.39 Å². The van der Waals surface area contributed by atoms with Crippen LogP contribution >= 0.6 is 0 Å². The molecule has 4 nitrogen and oxygen atoms in total. The minimum absolute atomic E-state index is 0.0330. The van der Waals surface area contributed by atoms with Crippen LogP contribution in [0, 0.1) is 5.82 Å². The van der Waals surface area contributed by atoms with Crippen molar-refractivity contribution in [1.82, 2.24) is 4.31 Å². The van der Waals surface area contributed by atoms with Gasteiger partial charge < -0.3 is 5.11 Å². The molecule has 2 aromatic rings. The average Bonchev–Trinajstić information content (AvgIpc) is 2.53. The molecule has 0 spiro atoms. The van der Waals surface area contributed by atoms with Gasteiger partial charge in [-0.05, 0) is 36.2 Å². The lowest BCUT2D eigenvalue weighted by atomic mass is 10.1. The van der Waals surface area contributed by atoms with Gasteiger partial charge in [-0.15, -0.1) is 0 Å². The molecule has 0 aliphatic carbocycles. The molecule has 1 unspecified atom stereocenters. The van der Waals surface area contributed by atoms with Crippen molar-refractivity contribution >= 4 is 10.0 Å². The lowest BCUT2D eigenvalue weighted by Gasteiger charge is -2.19. The fraction of sp³-hybridized carbons (Fsp3) is 0.250. The van der Waals surface area contributed by atoms with Crippen LogP contribution < -0.4 is 0 Å². The van der Waals surface area contributed by atoms with Crippen LogP contribution in [0.2, 0.25) is 0 Å². The van der Waals surface area contributed by atoms with Crippen LogP contribution in [-0.4, -0.2) is 31.4 Å². The Labute approximate surface area is 129 Å². The van der Waals surface area contributed by atoms with Crippen molar-refractivity contribution in [2.75, 3.05) is 13.6 Å². The molecule has 22 heavy (non-hydrogen) atoms. The van der Waals surface area contributed by atoms with E-state index in [1.165, 1.54) is 19.2 Å². The summed E-state index contributed by atoms with van der Waals surface area (Å²) in [6, 6.07) is 13.7. The van der Waals surface area contributed by atoms with Crippen molar-refractivity contribution in [3.63, 3.8) is 0 Å². The molecule has 118 valence electrons. The van der Waals surface area contributed by atoms with Gasteiger partial charge in [-0.1, -0.05) is 30.3 Å². The maximum absolute atomic E-state index is 12.9. The van der Waals surface area contributed by atoms with E-state index >= 15 is 0 Å². The minimum atomic E-state index is -3.68. The standard InChI is InChI=1S/C16H18FNO3S/c1-18(12-11-16(19)13-5-3-2-4-6-13)22(20,21)15-9-7-14(17)8-10-15/h2-10,16,19H,11-12H2,1H3. The zero-order valence-corrected chi connectivity index (χ0v) is 13.0. The highest BCUT2D eigenvalue weighted by molar-refractivity contribution is 7.89. The first kappa shape index (κ1) is 16.6. The number of aliphatic hydroxyl groups excluding tert-OH is 1. The van der Waals surface area contributed by atoms with Crippen molar-refractivity contribution in [3.8, 4) is 0 Å². The first-order valence-corrected chi connectivity index (χ1v) is 8.30. The number of aliphatic hydroxyl groups is 1. The highest BCUT2D eigenvalue weighted by Gasteiger charge is 2.21. The van der Waals surface area contributed by atoms with Crippen LogP contribution in [0.1, 0.15) is 18.1 Å². The summed E-state index contributed by atoms with van der Waals surface area (Å²) in [4.78, 5) is 0.0330. The number of hydrogen-bond acceptors (Lipinski definition) is 3. The molecular weight excluding hydrogens is 305 g/mol. The van der Waals surface area contributed by atoms with E-state index < -0.39 is 21.9 Å². The summed E-state index contributed by atoms with van der Waals surface area (Å²) in [6.45, 7) is 0.162. The van der Waals surface area contributed by atoms with Crippen molar-refractivity contribution in [2.24, 2.45) is 0 Å². The van der Waals surface area contributed by atoms with E-state index in [4.69, 9.17) is 0 Å². The molecule has 1 atom stereocenters. The monoisotopic (exact) mass is 323 g/mol. The molecule has 1 N–H and O–H groups in total. The summed E-state index contributed by atoms with van der Waals surface area (Å²) in [6.07, 6.45) is -0.451. The summed E-state index contributed by atoms with van der Waals surface area (Å²) >= 11 is 0. The third-order valence-corrected chi connectivity index (χ3v) is 5.29. The summed E-state index contributed by atoms with van der Waals surface area (Å²) in [7, 11) is -2.24. The van der Waals surface area contributed by atoms with E-state index in [9.17, 15) is 17.9 Å². The molecule has 0 heterocycles. The van der Waals surface area contributed by atoms with Gasteiger partial charge in [0.2, 0.25) is 10.0 Å². The van der Waals surface area contributed by atoms with Gasteiger partial charge in [0.15, 0.2) is 0 Å². The number of rotatable bonds is 6. The van der Waals surface area contributed by atoms with Crippen molar-refractivity contribution in [3.05, 3.63) is 66.0 Å². The highest BCUT2D eigenvalue weighted by atomic mass is 32.2. The summed E-state index contributed by atoms with van der Waals surface area (Å²) in [5.74, 6) is -0.485. The average molecular weight is 323 g/mol. The molecule has 0 amide bonds. The Kier molecular flexibility index (Phi) is 5.28. The van der Waals surface area contributed by atoms with Gasteiger partial charge in [-0.3, -0.25) is 0 Å². The van der Waals surface area contributed by atoms with Gasteiger partial charge in [0.1, 0.15) is 5.82 Å². The Morgan fingerprint density at radius 1 is 1.09 bits per heavy atom. The first-order chi connectivity index (χ1) is 10.4. The molecule has 0 saturated carbocycles. The van der Waals surface area contributed by atoms with Crippen LogP contribution in [0.25, 0.3) is 0 Å². The van der Waals surface area contributed by atoms with Crippen LogP contribution in [0.3, 0.4) is 0 Å². The molecule has 2 aromatic carbocycles. The number of nitrogens with zero attached hydrogens (tertiary/aromatic N) is 1. The van der Waals surface area contributed by atoms with E-state index in [2.05, 4.69) is 0 Å². The lowest BCUT2D eigenvalue weighted by molar-refractivity contribution is 0.160. The first-order valence-electron chi connectivity index (χ1n) is 6.86. The number of halogens is 1. The third kappa shape index (κ3) is 3.91. The molecule has 0 fully saturated rings. The fourth-order valence-corrected chi connectivity index (χ4v) is 3.24. The number of sulfonamides is 1. The lowest BCUT2D eigenvalue weighted by Crippen LogP contribution is -2.29. The fourth-order valence-electron chi connectivity index (χ4n) is 2.05. The van der Waals surface area contributed by atoms with E-state index in [1.807, 2.05) is 18.2 Å². The van der Waals surface area contributed by atoms with Crippen LogP contribution in [-0.2, 0) is 10.0 Å². The highest BCUT2D eigenvalue weighted by Crippen LogP contribution is 2.19. The maximum Gasteiger partial charge on any atom is 0.242 e.